The lowest BCUT2D eigenvalue weighted by atomic mass is 10.1. The molecule has 1 aromatic carbocycles. The van der Waals surface area contributed by atoms with E-state index in [0.717, 1.165) is 12.1 Å². The van der Waals surface area contributed by atoms with Gasteiger partial charge in [0.05, 0.1) is 11.9 Å². The molecule has 1 amide bonds. The highest BCUT2D eigenvalue weighted by molar-refractivity contribution is 5.92. The van der Waals surface area contributed by atoms with Gasteiger partial charge in [-0.1, -0.05) is 24.3 Å². The first-order chi connectivity index (χ1) is 10.7. The summed E-state index contributed by atoms with van der Waals surface area (Å²) < 4.78 is 0. The molecule has 4 heteroatoms. The van der Waals surface area contributed by atoms with E-state index in [-0.39, 0.29) is 5.91 Å². The molecule has 1 atom stereocenters. The molecule has 4 nitrogen and oxygen atoms in total. The van der Waals surface area contributed by atoms with Crippen molar-refractivity contribution in [2.24, 2.45) is 0 Å². The number of hydrogen-bond donors (Lipinski definition) is 1. The number of hydrogen-bond acceptors (Lipinski definition) is 3. The predicted molar refractivity (Wildman–Crippen MR) is 88.5 cm³/mol. The Hall–Kier alpha value is -2.62. The Kier molecular flexibility index (Phi) is 3.92. The standard InChI is InChI=1S/C18H19N3O/c1-3-10-19-18(22)16-9-8-15(12-20-16)21-13(2)11-14-6-4-5-7-17(14)21/h3-9,12-13H,1,10-11H2,2H3,(H,19,22). The maximum atomic E-state index is 11.9. The molecule has 0 radical (unpaired) electrons. The lowest BCUT2D eigenvalue weighted by Crippen LogP contribution is -2.26. The largest absolute Gasteiger partial charge is 0.347 e. The van der Waals surface area contributed by atoms with Crippen molar-refractivity contribution >= 4 is 17.3 Å². The van der Waals surface area contributed by atoms with Crippen LogP contribution in [-0.2, 0) is 6.42 Å². The number of para-hydroxylation sites is 1. The smallest absolute Gasteiger partial charge is 0.270 e. The van der Waals surface area contributed by atoms with Crippen LogP contribution < -0.4 is 10.2 Å². The maximum Gasteiger partial charge on any atom is 0.270 e. The first kappa shape index (κ1) is 14.3. The Morgan fingerprint density at radius 3 is 2.95 bits per heavy atom. The molecule has 22 heavy (non-hydrogen) atoms. The van der Waals surface area contributed by atoms with Gasteiger partial charge in [-0.2, -0.15) is 0 Å². The van der Waals surface area contributed by atoms with Crippen LogP contribution in [-0.4, -0.2) is 23.5 Å². The molecule has 0 saturated carbocycles. The van der Waals surface area contributed by atoms with Crippen LogP contribution in [0.25, 0.3) is 0 Å². The monoisotopic (exact) mass is 293 g/mol. The summed E-state index contributed by atoms with van der Waals surface area (Å²) in [4.78, 5) is 18.4. The molecule has 2 aromatic rings. The maximum absolute atomic E-state index is 11.9. The molecule has 0 spiro atoms. The number of nitrogens with one attached hydrogen (secondary N) is 1. The van der Waals surface area contributed by atoms with Crippen LogP contribution in [0.3, 0.4) is 0 Å². The summed E-state index contributed by atoms with van der Waals surface area (Å²) in [7, 11) is 0. The first-order valence-corrected chi connectivity index (χ1v) is 7.43. The van der Waals surface area contributed by atoms with Crippen LogP contribution in [0.15, 0.2) is 55.3 Å². The van der Waals surface area contributed by atoms with Crippen molar-refractivity contribution in [2.45, 2.75) is 19.4 Å². The Balaban J connectivity index is 1.84. The fourth-order valence-electron chi connectivity index (χ4n) is 2.88. The third-order valence-corrected chi connectivity index (χ3v) is 3.87. The number of rotatable bonds is 4. The number of pyridine rings is 1. The highest BCUT2D eigenvalue weighted by Gasteiger charge is 2.26. The molecular formula is C18H19N3O. The molecule has 1 aliphatic heterocycles. The highest BCUT2D eigenvalue weighted by atomic mass is 16.1. The topological polar surface area (TPSA) is 45.2 Å². The van der Waals surface area contributed by atoms with E-state index in [0.29, 0.717) is 18.3 Å². The minimum atomic E-state index is -0.179. The van der Waals surface area contributed by atoms with Gasteiger partial charge in [-0.15, -0.1) is 6.58 Å². The molecule has 1 unspecified atom stereocenters. The average molecular weight is 293 g/mol. The van der Waals surface area contributed by atoms with Gasteiger partial charge in [0.1, 0.15) is 5.69 Å². The van der Waals surface area contributed by atoms with Gasteiger partial charge >= 0.3 is 0 Å². The number of aromatic nitrogens is 1. The lowest BCUT2D eigenvalue weighted by Gasteiger charge is -2.24. The molecular weight excluding hydrogens is 274 g/mol. The van der Waals surface area contributed by atoms with Gasteiger partial charge < -0.3 is 10.2 Å². The summed E-state index contributed by atoms with van der Waals surface area (Å²) in [6.07, 6.45) is 4.44. The van der Waals surface area contributed by atoms with Crippen molar-refractivity contribution in [1.82, 2.24) is 10.3 Å². The Bertz CT molecular complexity index is 694. The van der Waals surface area contributed by atoms with E-state index in [1.165, 1.54) is 11.3 Å². The molecule has 1 aliphatic rings. The quantitative estimate of drug-likeness (QED) is 0.881. The molecule has 0 saturated heterocycles. The number of nitrogens with zero attached hydrogens (tertiary/aromatic N) is 2. The van der Waals surface area contributed by atoms with Crippen LogP contribution in [0.2, 0.25) is 0 Å². The molecule has 1 N–H and O–H groups in total. The van der Waals surface area contributed by atoms with E-state index in [4.69, 9.17) is 0 Å². The third kappa shape index (κ3) is 2.60. The second-order valence-corrected chi connectivity index (χ2v) is 5.45. The van der Waals surface area contributed by atoms with E-state index in [1.54, 1.807) is 18.3 Å². The number of amides is 1. The third-order valence-electron chi connectivity index (χ3n) is 3.87. The minimum absolute atomic E-state index is 0.179. The predicted octanol–water partition coefficient (Wildman–Crippen LogP) is 3.08. The highest BCUT2D eigenvalue weighted by Crippen LogP contribution is 2.37. The van der Waals surface area contributed by atoms with Crippen LogP contribution in [0.4, 0.5) is 11.4 Å². The molecule has 0 fully saturated rings. The Morgan fingerprint density at radius 1 is 1.41 bits per heavy atom. The van der Waals surface area contributed by atoms with Gasteiger partial charge in [-0.05, 0) is 37.1 Å². The van der Waals surface area contributed by atoms with Gasteiger partial charge in [-0.25, -0.2) is 4.98 Å². The first-order valence-electron chi connectivity index (χ1n) is 7.43. The van der Waals surface area contributed by atoms with E-state index in [9.17, 15) is 4.79 Å². The number of anilines is 2. The van der Waals surface area contributed by atoms with Crippen LogP contribution in [0, 0.1) is 0 Å². The van der Waals surface area contributed by atoms with Crippen LogP contribution in [0.1, 0.15) is 23.0 Å². The number of carbonyl (C=O) groups is 1. The van der Waals surface area contributed by atoms with Crippen molar-refractivity contribution in [3.63, 3.8) is 0 Å². The second kappa shape index (κ2) is 6.02. The summed E-state index contributed by atoms with van der Waals surface area (Å²) in [5.41, 5.74) is 4.01. The van der Waals surface area contributed by atoms with Crippen molar-refractivity contribution in [3.8, 4) is 0 Å². The summed E-state index contributed by atoms with van der Waals surface area (Å²) >= 11 is 0. The van der Waals surface area contributed by atoms with Gasteiger partial charge in [0.2, 0.25) is 0 Å². The zero-order valence-electron chi connectivity index (χ0n) is 12.6. The van der Waals surface area contributed by atoms with Crippen molar-refractivity contribution < 1.29 is 4.79 Å². The summed E-state index contributed by atoms with van der Waals surface area (Å²) in [6, 6.07) is 12.5. The van der Waals surface area contributed by atoms with Crippen molar-refractivity contribution in [3.05, 3.63) is 66.5 Å². The van der Waals surface area contributed by atoms with Crippen molar-refractivity contribution in [2.75, 3.05) is 11.4 Å². The Labute approximate surface area is 130 Å². The molecule has 3 rings (SSSR count). The lowest BCUT2D eigenvalue weighted by molar-refractivity contribution is 0.0953. The Morgan fingerprint density at radius 2 is 2.23 bits per heavy atom. The average Bonchev–Trinajstić information content (AvgIpc) is 2.88. The second-order valence-electron chi connectivity index (χ2n) is 5.45. The minimum Gasteiger partial charge on any atom is -0.347 e. The molecule has 112 valence electrons. The molecule has 2 heterocycles. The SMILES string of the molecule is C=CCNC(=O)c1ccc(N2c3ccccc3CC2C)cn1. The molecule has 0 bridgehead atoms. The fraction of sp³-hybridized carbons (Fsp3) is 0.222. The zero-order chi connectivity index (χ0) is 15.5. The summed E-state index contributed by atoms with van der Waals surface area (Å²) in [6.45, 7) is 6.22. The van der Waals surface area contributed by atoms with Gasteiger partial charge in [-0.3, -0.25) is 4.79 Å². The van der Waals surface area contributed by atoms with Crippen LogP contribution >= 0.6 is 0 Å². The normalized spacial score (nSPS) is 16.2. The fourth-order valence-corrected chi connectivity index (χ4v) is 2.88. The van der Waals surface area contributed by atoms with Gasteiger partial charge in [0.15, 0.2) is 0 Å². The van der Waals surface area contributed by atoms with E-state index in [2.05, 4.69) is 53.0 Å². The van der Waals surface area contributed by atoms with Gasteiger partial charge in [0.25, 0.3) is 5.91 Å². The molecule has 1 aromatic heterocycles. The summed E-state index contributed by atoms with van der Waals surface area (Å²) in [5.74, 6) is -0.179. The molecule has 0 aliphatic carbocycles. The van der Waals surface area contributed by atoms with E-state index < -0.39 is 0 Å². The van der Waals surface area contributed by atoms with Crippen molar-refractivity contribution in [1.29, 1.82) is 0 Å². The summed E-state index contributed by atoms with van der Waals surface area (Å²) in [5, 5.41) is 2.73. The number of fused-ring (bicyclic) bond motifs is 1. The van der Waals surface area contributed by atoms with Gasteiger partial charge in [0, 0.05) is 18.3 Å². The number of carbonyl (C=O) groups excluding carboxylic acids is 1. The van der Waals surface area contributed by atoms with E-state index >= 15 is 0 Å². The van der Waals surface area contributed by atoms with Crippen LogP contribution in [0.5, 0.6) is 0 Å². The zero-order valence-corrected chi connectivity index (χ0v) is 12.6. The number of benzene rings is 1. The van der Waals surface area contributed by atoms with E-state index in [1.807, 2.05) is 6.07 Å².